The highest BCUT2D eigenvalue weighted by Gasteiger charge is 2.24. The second-order valence-corrected chi connectivity index (χ2v) is 6.65. The van der Waals surface area contributed by atoms with Gasteiger partial charge in [0.05, 0.1) is 22.7 Å². The van der Waals surface area contributed by atoms with Crippen LogP contribution in [0.1, 0.15) is 31.2 Å². The van der Waals surface area contributed by atoms with Gasteiger partial charge in [-0.2, -0.15) is 0 Å². The third-order valence-electron chi connectivity index (χ3n) is 4.52. The number of nitrogens with zero attached hydrogens (tertiary/aromatic N) is 2. The van der Waals surface area contributed by atoms with Crippen molar-refractivity contribution in [3.05, 3.63) is 59.4 Å². The van der Waals surface area contributed by atoms with Gasteiger partial charge < -0.3 is 14.0 Å². The van der Waals surface area contributed by atoms with Gasteiger partial charge in [-0.1, -0.05) is 35.9 Å². The molecule has 0 radical (unpaired) electrons. The topological polar surface area (TPSA) is 36.3 Å². The molecular weight excluding hydrogens is 336 g/mol. The van der Waals surface area contributed by atoms with Gasteiger partial charge in [0.1, 0.15) is 17.7 Å². The molecule has 130 valence electrons. The van der Waals surface area contributed by atoms with Gasteiger partial charge in [0.25, 0.3) is 0 Å². The van der Waals surface area contributed by atoms with Gasteiger partial charge in [-0.25, -0.2) is 4.98 Å². The Morgan fingerprint density at radius 2 is 2.00 bits per heavy atom. The zero-order valence-electron chi connectivity index (χ0n) is 14.0. The third kappa shape index (κ3) is 3.51. The molecule has 3 aromatic rings. The Hall–Kier alpha value is -2.04. The van der Waals surface area contributed by atoms with E-state index in [4.69, 9.17) is 26.1 Å². The van der Waals surface area contributed by atoms with E-state index >= 15 is 0 Å². The SMILES string of the molecule is Clc1ccccc1OCCCn1c(C2CCCO2)nc2ccccc21. The maximum atomic E-state index is 6.14. The first-order valence-electron chi connectivity index (χ1n) is 8.77. The molecule has 1 saturated heterocycles. The van der Waals surface area contributed by atoms with Crippen LogP contribution in [-0.2, 0) is 11.3 Å². The molecule has 0 spiro atoms. The van der Waals surface area contributed by atoms with E-state index in [1.807, 2.05) is 30.3 Å². The van der Waals surface area contributed by atoms with Crippen LogP contribution in [-0.4, -0.2) is 22.8 Å². The summed E-state index contributed by atoms with van der Waals surface area (Å²) in [5.74, 6) is 1.77. The van der Waals surface area contributed by atoms with Crippen LogP contribution >= 0.6 is 11.6 Å². The standard InChI is InChI=1S/C20H21ClN2O2/c21-15-7-1-4-10-18(15)24-14-6-12-23-17-9-3-2-8-16(17)22-20(23)19-11-5-13-25-19/h1-4,7-10,19H,5-6,11-14H2. The molecule has 0 saturated carbocycles. The number of benzene rings is 2. The second kappa shape index (κ2) is 7.46. The van der Waals surface area contributed by atoms with Gasteiger partial charge in [-0.3, -0.25) is 0 Å². The first-order valence-corrected chi connectivity index (χ1v) is 9.15. The fourth-order valence-electron chi connectivity index (χ4n) is 3.32. The molecule has 0 bridgehead atoms. The molecule has 0 N–H and O–H groups in total. The quantitative estimate of drug-likeness (QED) is 0.582. The fourth-order valence-corrected chi connectivity index (χ4v) is 3.51. The largest absolute Gasteiger partial charge is 0.492 e. The molecule has 25 heavy (non-hydrogen) atoms. The zero-order chi connectivity index (χ0) is 17.1. The van der Waals surface area contributed by atoms with E-state index in [0.717, 1.165) is 55.0 Å². The Labute approximate surface area is 152 Å². The minimum absolute atomic E-state index is 0.108. The van der Waals surface area contributed by atoms with Gasteiger partial charge >= 0.3 is 0 Å². The highest BCUT2D eigenvalue weighted by Crippen LogP contribution is 2.31. The summed E-state index contributed by atoms with van der Waals surface area (Å²) < 4.78 is 14.0. The Morgan fingerprint density at radius 3 is 2.84 bits per heavy atom. The number of imidazole rings is 1. The molecule has 1 atom stereocenters. The number of aryl methyl sites for hydroxylation is 1. The van der Waals surface area contributed by atoms with Crippen molar-refractivity contribution in [2.45, 2.75) is 31.9 Å². The summed E-state index contributed by atoms with van der Waals surface area (Å²) in [5.41, 5.74) is 2.19. The molecule has 1 aliphatic heterocycles. The monoisotopic (exact) mass is 356 g/mol. The minimum atomic E-state index is 0.108. The first kappa shape index (κ1) is 16.4. The lowest BCUT2D eigenvalue weighted by Gasteiger charge is -2.14. The number of rotatable bonds is 6. The lowest BCUT2D eigenvalue weighted by Crippen LogP contribution is -2.11. The molecule has 0 aliphatic carbocycles. The van der Waals surface area contributed by atoms with Crippen molar-refractivity contribution in [1.29, 1.82) is 0 Å². The normalized spacial score (nSPS) is 17.2. The van der Waals surface area contributed by atoms with Gasteiger partial charge in [-0.05, 0) is 43.5 Å². The summed E-state index contributed by atoms with van der Waals surface area (Å²) in [6.45, 7) is 2.28. The zero-order valence-corrected chi connectivity index (χ0v) is 14.8. The number of ether oxygens (including phenoxy) is 2. The molecule has 1 aliphatic rings. The summed E-state index contributed by atoms with van der Waals surface area (Å²) in [4.78, 5) is 4.82. The Kier molecular flexibility index (Phi) is 4.90. The van der Waals surface area contributed by atoms with Crippen LogP contribution < -0.4 is 4.74 Å². The molecule has 1 unspecified atom stereocenters. The molecule has 4 nitrogen and oxygen atoms in total. The minimum Gasteiger partial charge on any atom is -0.492 e. The van der Waals surface area contributed by atoms with Crippen molar-refractivity contribution in [1.82, 2.24) is 9.55 Å². The summed E-state index contributed by atoms with van der Waals surface area (Å²) in [5, 5.41) is 0.649. The molecular formula is C20H21ClN2O2. The lowest BCUT2D eigenvalue weighted by molar-refractivity contribution is 0.102. The maximum absolute atomic E-state index is 6.14. The lowest BCUT2D eigenvalue weighted by atomic mass is 10.2. The van der Waals surface area contributed by atoms with Crippen LogP contribution in [0.5, 0.6) is 5.75 Å². The predicted octanol–water partition coefficient (Wildman–Crippen LogP) is 5.01. The van der Waals surface area contributed by atoms with E-state index in [1.54, 1.807) is 0 Å². The van der Waals surface area contributed by atoms with Gasteiger partial charge in [-0.15, -0.1) is 0 Å². The van der Waals surface area contributed by atoms with E-state index in [-0.39, 0.29) is 6.10 Å². The Balaban J connectivity index is 1.48. The van der Waals surface area contributed by atoms with E-state index in [9.17, 15) is 0 Å². The highest BCUT2D eigenvalue weighted by atomic mass is 35.5. The first-order chi connectivity index (χ1) is 12.3. The molecule has 1 fully saturated rings. The number of hydrogen-bond acceptors (Lipinski definition) is 3. The Bertz CT molecular complexity index is 856. The highest BCUT2D eigenvalue weighted by molar-refractivity contribution is 6.32. The van der Waals surface area contributed by atoms with E-state index < -0.39 is 0 Å². The van der Waals surface area contributed by atoms with E-state index in [2.05, 4.69) is 22.8 Å². The average Bonchev–Trinajstić information content (AvgIpc) is 3.28. The molecule has 2 aromatic carbocycles. The molecule has 4 rings (SSSR count). The van der Waals surface area contributed by atoms with Crippen molar-refractivity contribution in [2.24, 2.45) is 0 Å². The Morgan fingerprint density at radius 1 is 1.16 bits per heavy atom. The number of hydrogen-bond donors (Lipinski definition) is 0. The number of aromatic nitrogens is 2. The van der Waals surface area contributed by atoms with E-state index in [0.29, 0.717) is 11.6 Å². The summed E-state index contributed by atoms with van der Waals surface area (Å²) in [6.07, 6.45) is 3.13. The smallest absolute Gasteiger partial charge is 0.139 e. The number of halogens is 1. The van der Waals surface area contributed by atoms with E-state index in [1.165, 1.54) is 0 Å². The van der Waals surface area contributed by atoms with Crippen molar-refractivity contribution in [3.8, 4) is 5.75 Å². The number of fused-ring (bicyclic) bond motifs is 1. The van der Waals surface area contributed by atoms with Crippen molar-refractivity contribution >= 4 is 22.6 Å². The molecule has 5 heteroatoms. The van der Waals surface area contributed by atoms with Crippen molar-refractivity contribution in [3.63, 3.8) is 0 Å². The summed E-state index contributed by atoms with van der Waals surface area (Å²) in [7, 11) is 0. The second-order valence-electron chi connectivity index (χ2n) is 6.24. The average molecular weight is 357 g/mol. The van der Waals surface area contributed by atoms with Gasteiger partial charge in [0.2, 0.25) is 0 Å². The molecule has 1 aromatic heterocycles. The van der Waals surface area contributed by atoms with Crippen molar-refractivity contribution in [2.75, 3.05) is 13.2 Å². The van der Waals surface area contributed by atoms with Crippen LogP contribution in [0.4, 0.5) is 0 Å². The van der Waals surface area contributed by atoms with Crippen LogP contribution in [0.2, 0.25) is 5.02 Å². The fraction of sp³-hybridized carbons (Fsp3) is 0.350. The van der Waals surface area contributed by atoms with Crippen LogP contribution in [0.3, 0.4) is 0 Å². The van der Waals surface area contributed by atoms with Gasteiger partial charge in [0, 0.05) is 13.2 Å². The number of para-hydroxylation sites is 3. The van der Waals surface area contributed by atoms with Gasteiger partial charge in [0.15, 0.2) is 0 Å². The molecule has 2 heterocycles. The summed E-state index contributed by atoms with van der Waals surface area (Å²) >= 11 is 6.14. The maximum Gasteiger partial charge on any atom is 0.139 e. The van der Waals surface area contributed by atoms with Crippen LogP contribution in [0.25, 0.3) is 11.0 Å². The third-order valence-corrected chi connectivity index (χ3v) is 4.83. The van der Waals surface area contributed by atoms with Crippen LogP contribution in [0, 0.1) is 0 Å². The summed E-state index contributed by atoms with van der Waals surface area (Å²) in [6, 6.07) is 15.8. The predicted molar refractivity (Wildman–Crippen MR) is 99.2 cm³/mol. The molecule has 0 amide bonds. The van der Waals surface area contributed by atoms with Crippen molar-refractivity contribution < 1.29 is 9.47 Å². The van der Waals surface area contributed by atoms with Crippen LogP contribution in [0.15, 0.2) is 48.5 Å².